The zero-order chi connectivity index (χ0) is 8.06. The van der Waals surface area contributed by atoms with Crippen LogP contribution in [-0.4, -0.2) is 23.3 Å². The Kier molecular flexibility index (Phi) is 1.31. The van der Waals surface area contributed by atoms with Crippen molar-refractivity contribution in [2.24, 2.45) is 0 Å². The van der Waals surface area contributed by atoms with E-state index in [2.05, 4.69) is 31.7 Å². The van der Waals surface area contributed by atoms with Crippen LogP contribution in [0, 0.1) is 0 Å². The maximum atomic E-state index is 5.66. The Morgan fingerprint density at radius 1 is 1.64 bits per heavy atom. The molecule has 0 aromatic carbocycles. The zero-order valence-corrected chi connectivity index (χ0v) is 7.42. The highest BCUT2D eigenvalue weighted by Gasteiger charge is 2.42. The third-order valence-corrected chi connectivity index (χ3v) is 2.64. The molecule has 2 aliphatic rings. The molecule has 0 amide bonds. The van der Waals surface area contributed by atoms with Crippen LogP contribution in [-0.2, 0) is 4.74 Å². The second-order valence-corrected chi connectivity index (χ2v) is 3.86. The summed E-state index contributed by atoms with van der Waals surface area (Å²) in [6.45, 7) is 7.32. The van der Waals surface area contributed by atoms with Crippen LogP contribution in [0.15, 0.2) is 11.8 Å². The molecule has 2 heteroatoms. The van der Waals surface area contributed by atoms with Crippen molar-refractivity contribution in [3.05, 3.63) is 11.8 Å². The van der Waals surface area contributed by atoms with Crippen LogP contribution >= 0.6 is 0 Å². The average molecular weight is 153 g/mol. The Labute approximate surface area is 67.8 Å². The lowest BCUT2D eigenvalue weighted by atomic mass is 10.2. The molecule has 1 saturated heterocycles. The van der Waals surface area contributed by atoms with Gasteiger partial charge in [-0.2, -0.15) is 0 Å². The van der Waals surface area contributed by atoms with Gasteiger partial charge in [0.1, 0.15) is 5.72 Å². The fraction of sp³-hybridized carbons (Fsp3) is 0.778. The summed E-state index contributed by atoms with van der Waals surface area (Å²) in [4.78, 5) is 2.38. The summed E-state index contributed by atoms with van der Waals surface area (Å²) >= 11 is 0. The second kappa shape index (κ2) is 2.01. The van der Waals surface area contributed by atoms with Crippen molar-refractivity contribution in [2.75, 3.05) is 6.61 Å². The minimum absolute atomic E-state index is 0.0677. The first-order valence-corrected chi connectivity index (χ1v) is 4.21. The summed E-state index contributed by atoms with van der Waals surface area (Å²) in [5.74, 6) is 0. The molecule has 0 radical (unpaired) electrons. The summed E-state index contributed by atoms with van der Waals surface area (Å²) in [5, 5.41) is 0. The number of nitrogens with zero attached hydrogens (tertiary/aromatic N) is 1. The molecule has 0 spiro atoms. The van der Waals surface area contributed by atoms with Gasteiger partial charge in [-0.05, 0) is 27.2 Å². The van der Waals surface area contributed by atoms with E-state index >= 15 is 0 Å². The van der Waals surface area contributed by atoms with Gasteiger partial charge < -0.3 is 9.64 Å². The van der Waals surface area contributed by atoms with Crippen LogP contribution in [0.1, 0.15) is 27.2 Å². The number of allylic oxidation sites excluding steroid dienone is 1. The van der Waals surface area contributed by atoms with Gasteiger partial charge >= 0.3 is 0 Å². The molecule has 0 bridgehead atoms. The Hall–Kier alpha value is -0.500. The topological polar surface area (TPSA) is 12.5 Å². The average Bonchev–Trinajstić information content (AvgIpc) is 2.38. The number of ether oxygens (including phenoxy) is 1. The van der Waals surface area contributed by atoms with Crippen molar-refractivity contribution in [3.63, 3.8) is 0 Å². The van der Waals surface area contributed by atoms with E-state index in [1.54, 1.807) is 0 Å². The predicted octanol–water partition coefficient (Wildman–Crippen LogP) is 1.73. The maximum absolute atomic E-state index is 5.66. The fourth-order valence-corrected chi connectivity index (χ4v) is 2.17. The Morgan fingerprint density at radius 3 is 3.00 bits per heavy atom. The number of hydrogen-bond donors (Lipinski definition) is 0. The van der Waals surface area contributed by atoms with Crippen molar-refractivity contribution < 1.29 is 4.74 Å². The summed E-state index contributed by atoms with van der Waals surface area (Å²) in [6.07, 6.45) is 3.46. The monoisotopic (exact) mass is 153 g/mol. The smallest absolute Gasteiger partial charge is 0.135 e. The molecule has 2 nitrogen and oxygen atoms in total. The van der Waals surface area contributed by atoms with Gasteiger partial charge in [0.2, 0.25) is 0 Å². The van der Waals surface area contributed by atoms with E-state index in [0.29, 0.717) is 6.04 Å². The van der Waals surface area contributed by atoms with E-state index in [1.807, 2.05) is 0 Å². The first-order chi connectivity index (χ1) is 5.11. The van der Waals surface area contributed by atoms with Gasteiger partial charge in [-0.3, -0.25) is 0 Å². The highest BCUT2D eigenvalue weighted by Crippen LogP contribution is 2.36. The molecule has 0 aromatic heterocycles. The largest absolute Gasteiger partial charge is 0.354 e. The van der Waals surface area contributed by atoms with Crippen molar-refractivity contribution >= 4 is 0 Å². The van der Waals surface area contributed by atoms with Crippen molar-refractivity contribution in [3.8, 4) is 0 Å². The molecule has 2 aliphatic heterocycles. The molecule has 2 heterocycles. The lowest BCUT2D eigenvalue weighted by Gasteiger charge is -2.32. The quantitative estimate of drug-likeness (QED) is 0.525. The van der Waals surface area contributed by atoms with Crippen LogP contribution in [0.4, 0.5) is 0 Å². The van der Waals surface area contributed by atoms with Gasteiger partial charge in [0.05, 0.1) is 12.6 Å². The van der Waals surface area contributed by atoms with E-state index in [0.717, 1.165) is 13.0 Å². The van der Waals surface area contributed by atoms with E-state index in [-0.39, 0.29) is 5.72 Å². The Balaban J connectivity index is 2.28. The summed E-state index contributed by atoms with van der Waals surface area (Å²) in [5.41, 5.74) is 1.30. The molecule has 0 saturated carbocycles. The van der Waals surface area contributed by atoms with Gasteiger partial charge in [-0.15, -0.1) is 0 Å². The Bertz CT molecular complexity index is 208. The summed E-state index contributed by atoms with van der Waals surface area (Å²) in [6, 6.07) is 0.616. The standard InChI is InChI=1S/C9H15NO/c1-7-4-5-8-6-11-9(2,3)10(7)8/h4,8H,5-6H2,1-3H3/t8-/m0/s1. The minimum Gasteiger partial charge on any atom is -0.354 e. The summed E-state index contributed by atoms with van der Waals surface area (Å²) in [7, 11) is 0. The van der Waals surface area contributed by atoms with E-state index in [1.165, 1.54) is 5.70 Å². The van der Waals surface area contributed by atoms with Crippen LogP contribution in [0.5, 0.6) is 0 Å². The van der Waals surface area contributed by atoms with Gasteiger partial charge in [0.25, 0.3) is 0 Å². The van der Waals surface area contributed by atoms with Crippen molar-refractivity contribution in [1.29, 1.82) is 0 Å². The van der Waals surface area contributed by atoms with Crippen LogP contribution in [0.2, 0.25) is 0 Å². The molecular weight excluding hydrogens is 138 g/mol. The van der Waals surface area contributed by atoms with E-state index in [9.17, 15) is 0 Å². The lowest BCUT2D eigenvalue weighted by molar-refractivity contribution is -0.0354. The summed E-state index contributed by atoms with van der Waals surface area (Å²) < 4.78 is 5.66. The SMILES string of the molecule is CC1=CC[C@H]2COC(C)(C)N12. The van der Waals surface area contributed by atoms with Gasteiger partial charge in [-0.1, -0.05) is 6.08 Å². The van der Waals surface area contributed by atoms with Crippen LogP contribution in [0.3, 0.4) is 0 Å². The molecule has 0 aromatic rings. The van der Waals surface area contributed by atoms with E-state index < -0.39 is 0 Å². The predicted molar refractivity (Wildman–Crippen MR) is 44.0 cm³/mol. The first-order valence-electron chi connectivity index (χ1n) is 4.21. The number of hydrogen-bond acceptors (Lipinski definition) is 2. The van der Waals surface area contributed by atoms with Gasteiger partial charge in [0.15, 0.2) is 0 Å². The molecule has 0 unspecified atom stereocenters. The van der Waals surface area contributed by atoms with Crippen molar-refractivity contribution in [1.82, 2.24) is 4.90 Å². The molecule has 0 aliphatic carbocycles. The highest BCUT2D eigenvalue weighted by molar-refractivity contribution is 5.13. The van der Waals surface area contributed by atoms with Crippen molar-refractivity contribution in [2.45, 2.75) is 39.0 Å². The fourth-order valence-electron chi connectivity index (χ4n) is 2.17. The van der Waals surface area contributed by atoms with Gasteiger partial charge in [0, 0.05) is 5.70 Å². The number of fused-ring (bicyclic) bond motifs is 1. The minimum atomic E-state index is -0.0677. The molecule has 2 rings (SSSR count). The molecular formula is C9H15NO. The van der Waals surface area contributed by atoms with E-state index in [4.69, 9.17) is 4.74 Å². The molecule has 62 valence electrons. The molecule has 1 fully saturated rings. The third-order valence-electron chi connectivity index (χ3n) is 2.64. The first kappa shape index (κ1) is 7.17. The number of rotatable bonds is 0. The normalized spacial score (nSPS) is 33.9. The van der Waals surface area contributed by atoms with Gasteiger partial charge in [-0.25, -0.2) is 0 Å². The Morgan fingerprint density at radius 2 is 2.36 bits per heavy atom. The molecule has 11 heavy (non-hydrogen) atoms. The third kappa shape index (κ3) is 0.890. The molecule has 0 N–H and O–H groups in total. The maximum Gasteiger partial charge on any atom is 0.135 e. The highest BCUT2D eigenvalue weighted by atomic mass is 16.5. The second-order valence-electron chi connectivity index (χ2n) is 3.86. The lowest BCUT2D eigenvalue weighted by Crippen LogP contribution is -2.39. The zero-order valence-electron chi connectivity index (χ0n) is 7.42. The molecule has 1 atom stereocenters. The van der Waals surface area contributed by atoms with Crippen LogP contribution < -0.4 is 0 Å². The van der Waals surface area contributed by atoms with Crippen LogP contribution in [0.25, 0.3) is 0 Å².